The molecule has 1 saturated heterocycles. The van der Waals surface area contributed by atoms with Crippen LogP contribution in [0.5, 0.6) is 0 Å². The minimum atomic E-state index is -0.00321. The summed E-state index contributed by atoms with van der Waals surface area (Å²) in [5.74, 6) is -0.00321. The van der Waals surface area contributed by atoms with Crippen LogP contribution in [0.4, 0.5) is 0 Å². The number of aryl methyl sites for hydroxylation is 1. The molecule has 0 spiro atoms. The van der Waals surface area contributed by atoms with E-state index in [0.29, 0.717) is 6.54 Å². The van der Waals surface area contributed by atoms with Crippen LogP contribution >= 0.6 is 11.3 Å². The summed E-state index contributed by atoms with van der Waals surface area (Å²) in [6.45, 7) is 6.11. The lowest BCUT2D eigenvalue weighted by Gasteiger charge is -2.34. The van der Waals surface area contributed by atoms with Crippen molar-refractivity contribution in [3.05, 3.63) is 57.8 Å². The largest absolute Gasteiger partial charge is 0.379 e. The molecule has 1 atom stereocenters. The average Bonchev–Trinajstić information content (AvgIpc) is 3.18. The number of hydrogen-bond acceptors (Lipinski definition) is 4. The van der Waals surface area contributed by atoms with Crippen molar-refractivity contribution in [3.63, 3.8) is 0 Å². The zero-order chi connectivity index (χ0) is 17.5. The Labute approximate surface area is 153 Å². The van der Waals surface area contributed by atoms with Crippen LogP contribution in [0, 0.1) is 0 Å². The molecule has 5 heteroatoms. The summed E-state index contributed by atoms with van der Waals surface area (Å²) in [7, 11) is 0. The van der Waals surface area contributed by atoms with Gasteiger partial charge in [0.25, 0.3) is 5.91 Å². The van der Waals surface area contributed by atoms with Crippen LogP contribution in [0.25, 0.3) is 0 Å². The summed E-state index contributed by atoms with van der Waals surface area (Å²) in [6, 6.07) is 10.3. The van der Waals surface area contributed by atoms with Gasteiger partial charge in [-0.25, -0.2) is 0 Å². The fourth-order valence-corrected chi connectivity index (χ4v) is 3.92. The highest BCUT2D eigenvalue weighted by Gasteiger charge is 2.23. The molecule has 1 N–H and O–H groups in total. The Bertz CT molecular complexity index is 649. The summed E-state index contributed by atoms with van der Waals surface area (Å²) in [5.41, 5.74) is 3.28. The van der Waals surface area contributed by atoms with E-state index in [2.05, 4.69) is 46.1 Å². The number of nitrogens with one attached hydrogen (secondary N) is 1. The van der Waals surface area contributed by atoms with Gasteiger partial charge in [0.05, 0.1) is 19.3 Å². The van der Waals surface area contributed by atoms with Crippen LogP contribution in [0.2, 0.25) is 0 Å². The van der Waals surface area contributed by atoms with Crippen LogP contribution in [-0.4, -0.2) is 43.7 Å². The van der Waals surface area contributed by atoms with Crippen molar-refractivity contribution in [3.8, 4) is 0 Å². The molecule has 3 rings (SSSR count). The van der Waals surface area contributed by atoms with E-state index in [1.54, 1.807) is 11.3 Å². The lowest BCUT2D eigenvalue weighted by molar-refractivity contribution is 0.0163. The standard InChI is InChI=1S/C20H26N2O2S/c1-2-3-16-4-6-17(7-5-16)20(23)21-14-19(18-8-13-25-15-18)22-9-11-24-12-10-22/h4-8,13,15,19H,2-3,9-12,14H2,1H3,(H,21,23). The van der Waals surface area contributed by atoms with Gasteiger partial charge < -0.3 is 10.1 Å². The highest BCUT2D eigenvalue weighted by atomic mass is 32.1. The maximum absolute atomic E-state index is 12.5. The number of nitrogens with zero attached hydrogens (tertiary/aromatic N) is 1. The third-order valence-corrected chi connectivity index (χ3v) is 5.33. The number of amides is 1. The zero-order valence-electron chi connectivity index (χ0n) is 14.7. The number of rotatable bonds is 7. The molecule has 2 heterocycles. The summed E-state index contributed by atoms with van der Waals surface area (Å²) in [5, 5.41) is 7.39. The molecule has 0 radical (unpaired) electrons. The molecule has 4 nitrogen and oxygen atoms in total. The van der Waals surface area contributed by atoms with E-state index in [1.165, 1.54) is 11.1 Å². The van der Waals surface area contributed by atoms with Gasteiger partial charge >= 0.3 is 0 Å². The molecule has 0 bridgehead atoms. The van der Waals surface area contributed by atoms with E-state index >= 15 is 0 Å². The van der Waals surface area contributed by atoms with E-state index < -0.39 is 0 Å². The van der Waals surface area contributed by atoms with E-state index in [0.717, 1.165) is 44.7 Å². The smallest absolute Gasteiger partial charge is 0.251 e. The maximum Gasteiger partial charge on any atom is 0.251 e. The number of benzene rings is 1. The van der Waals surface area contributed by atoms with Crippen molar-refractivity contribution in [2.45, 2.75) is 25.8 Å². The third-order valence-electron chi connectivity index (χ3n) is 4.63. The van der Waals surface area contributed by atoms with Crippen LogP contribution in [-0.2, 0) is 11.2 Å². The van der Waals surface area contributed by atoms with Gasteiger partial charge in [-0.05, 0) is 46.5 Å². The fraction of sp³-hybridized carbons (Fsp3) is 0.450. The highest BCUT2D eigenvalue weighted by Crippen LogP contribution is 2.23. The summed E-state index contributed by atoms with van der Waals surface area (Å²) < 4.78 is 5.47. The lowest BCUT2D eigenvalue weighted by Crippen LogP contribution is -2.43. The number of carbonyl (C=O) groups is 1. The molecule has 1 fully saturated rings. The van der Waals surface area contributed by atoms with Gasteiger partial charge in [0.1, 0.15) is 0 Å². The van der Waals surface area contributed by atoms with Gasteiger partial charge in [0.15, 0.2) is 0 Å². The molecule has 2 aromatic rings. The molecule has 1 aromatic carbocycles. The van der Waals surface area contributed by atoms with Crippen molar-refractivity contribution in [1.82, 2.24) is 10.2 Å². The normalized spacial score (nSPS) is 16.5. The second kappa shape index (κ2) is 9.13. The van der Waals surface area contributed by atoms with Gasteiger partial charge in [-0.3, -0.25) is 9.69 Å². The minimum Gasteiger partial charge on any atom is -0.379 e. The number of carbonyl (C=O) groups excluding carboxylic acids is 1. The Morgan fingerprint density at radius 2 is 2.00 bits per heavy atom. The molecule has 1 aromatic heterocycles. The molecule has 0 aliphatic carbocycles. The Balaban J connectivity index is 1.62. The summed E-state index contributed by atoms with van der Waals surface area (Å²) in [6.07, 6.45) is 2.17. The molecule has 0 saturated carbocycles. The van der Waals surface area contributed by atoms with Crippen LogP contribution < -0.4 is 5.32 Å². The third kappa shape index (κ3) is 4.91. The Kier molecular flexibility index (Phi) is 6.62. The predicted octanol–water partition coefficient (Wildman–Crippen LogP) is 3.50. The Hall–Kier alpha value is -1.69. The van der Waals surface area contributed by atoms with E-state index in [9.17, 15) is 4.79 Å². The zero-order valence-corrected chi connectivity index (χ0v) is 15.6. The average molecular weight is 359 g/mol. The first-order valence-electron chi connectivity index (χ1n) is 8.99. The van der Waals surface area contributed by atoms with Crippen LogP contribution in [0.3, 0.4) is 0 Å². The van der Waals surface area contributed by atoms with Crippen molar-refractivity contribution >= 4 is 17.2 Å². The molecule has 1 aliphatic heterocycles. The molecular weight excluding hydrogens is 332 g/mol. The lowest BCUT2D eigenvalue weighted by atomic mass is 10.1. The van der Waals surface area contributed by atoms with E-state index in [4.69, 9.17) is 4.74 Å². The summed E-state index contributed by atoms with van der Waals surface area (Å²) in [4.78, 5) is 14.9. The van der Waals surface area contributed by atoms with Gasteiger partial charge in [-0.15, -0.1) is 0 Å². The molecule has 1 amide bonds. The number of morpholine rings is 1. The number of thiophene rings is 1. The first-order valence-corrected chi connectivity index (χ1v) is 9.93. The second-order valence-electron chi connectivity index (χ2n) is 6.38. The molecule has 1 unspecified atom stereocenters. The number of ether oxygens (including phenoxy) is 1. The SMILES string of the molecule is CCCc1ccc(C(=O)NCC(c2ccsc2)N2CCOCC2)cc1. The van der Waals surface area contributed by atoms with Gasteiger partial charge in [0.2, 0.25) is 0 Å². The Morgan fingerprint density at radius 3 is 2.64 bits per heavy atom. The quantitative estimate of drug-likeness (QED) is 0.824. The minimum absolute atomic E-state index is 0.00321. The van der Waals surface area contributed by atoms with Gasteiger partial charge in [0, 0.05) is 25.2 Å². The number of hydrogen-bond donors (Lipinski definition) is 1. The van der Waals surface area contributed by atoms with Crippen LogP contribution in [0.15, 0.2) is 41.1 Å². The van der Waals surface area contributed by atoms with Crippen molar-refractivity contribution in [1.29, 1.82) is 0 Å². The topological polar surface area (TPSA) is 41.6 Å². The van der Waals surface area contributed by atoms with E-state index in [1.807, 2.05) is 12.1 Å². The molecule has 1 aliphatic rings. The van der Waals surface area contributed by atoms with Crippen molar-refractivity contribution in [2.24, 2.45) is 0 Å². The first-order chi connectivity index (χ1) is 12.3. The van der Waals surface area contributed by atoms with Crippen molar-refractivity contribution < 1.29 is 9.53 Å². The Morgan fingerprint density at radius 1 is 1.24 bits per heavy atom. The summed E-state index contributed by atoms with van der Waals surface area (Å²) >= 11 is 1.70. The molecule has 134 valence electrons. The highest BCUT2D eigenvalue weighted by molar-refractivity contribution is 7.07. The molecular formula is C20H26N2O2S. The van der Waals surface area contributed by atoms with Crippen molar-refractivity contribution in [2.75, 3.05) is 32.8 Å². The second-order valence-corrected chi connectivity index (χ2v) is 7.16. The monoisotopic (exact) mass is 358 g/mol. The van der Waals surface area contributed by atoms with Crippen LogP contribution in [0.1, 0.15) is 40.9 Å². The van der Waals surface area contributed by atoms with Gasteiger partial charge in [-0.1, -0.05) is 25.5 Å². The fourth-order valence-electron chi connectivity index (χ4n) is 3.21. The van der Waals surface area contributed by atoms with Gasteiger partial charge in [-0.2, -0.15) is 11.3 Å². The van der Waals surface area contributed by atoms with E-state index in [-0.39, 0.29) is 11.9 Å². The predicted molar refractivity (Wildman–Crippen MR) is 102 cm³/mol. The molecule has 25 heavy (non-hydrogen) atoms. The first kappa shape index (κ1) is 18.1. The maximum atomic E-state index is 12.5.